The molecule has 0 aliphatic rings. The molecule has 1 aromatic rings. The van der Waals surface area contributed by atoms with Crippen LogP contribution in [0, 0.1) is 6.92 Å². The van der Waals surface area contributed by atoms with Crippen molar-refractivity contribution in [3.63, 3.8) is 0 Å². The minimum Gasteiger partial charge on any atom is -0.459 e. The number of carbonyl (C=O) groups excluding carboxylic acids is 3. The van der Waals surface area contributed by atoms with Crippen LogP contribution in [0.2, 0.25) is 0 Å². The second kappa shape index (κ2) is 12.6. The first kappa shape index (κ1) is 25.1. The van der Waals surface area contributed by atoms with E-state index in [4.69, 9.17) is 9.47 Å². The maximum atomic E-state index is 12.6. The van der Waals surface area contributed by atoms with E-state index in [1.165, 1.54) is 19.3 Å². The summed E-state index contributed by atoms with van der Waals surface area (Å²) < 4.78 is 10.6. The largest absolute Gasteiger partial charge is 0.459 e. The Bertz CT molecular complexity index is 694. The third kappa shape index (κ3) is 8.56. The minimum absolute atomic E-state index is 0.163. The number of thiophene rings is 1. The molecular formula is C22H35NO5S. The summed E-state index contributed by atoms with van der Waals surface area (Å²) in [5.41, 5.74) is 0.705. The molecule has 0 aliphatic heterocycles. The van der Waals surface area contributed by atoms with Crippen LogP contribution in [0.4, 0.5) is 5.00 Å². The second-order valence-corrected chi connectivity index (χ2v) is 8.76. The zero-order valence-corrected chi connectivity index (χ0v) is 19.4. The molecule has 1 rings (SSSR count). The molecule has 0 atom stereocenters. The van der Waals surface area contributed by atoms with Gasteiger partial charge in [0.25, 0.3) is 0 Å². The molecule has 0 fully saturated rings. The van der Waals surface area contributed by atoms with Crippen LogP contribution < -0.4 is 5.32 Å². The summed E-state index contributed by atoms with van der Waals surface area (Å²) in [5, 5.41) is 3.15. The van der Waals surface area contributed by atoms with Gasteiger partial charge >= 0.3 is 11.9 Å². The summed E-state index contributed by atoms with van der Waals surface area (Å²) in [4.78, 5) is 37.7. The van der Waals surface area contributed by atoms with E-state index in [1.807, 2.05) is 0 Å². The summed E-state index contributed by atoms with van der Waals surface area (Å²) in [6.45, 7) is 10.9. The van der Waals surface area contributed by atoms with E-state index in [0.717, 1.165) is 30.6 Å². The van der Waals surface area contributed by atoms with E-state index in [1.54, 1.807) is 34.6 Å². The normalized spacial score (nSPS) is 11.0. The second-order valence-electron chi connectivity index (χ2n) is 7.73. The first-order chi connectivity index (χ1) is 13.7. The van der Waals surface area contributed by atoms with E-state index in [9.17, 15) is 14.4 Å². The van der Waals surface area contributed by atoms with Gasteiger partial charge < -0.3 is 14.8 Å². The van der Waals surface area contributed by atoms with Crippen molar-refractivity contribution in [2.24, 2.45) is 0 Å². The first-order valence-electron chi connectivity index (χ1n) is 10.5. The number of nitrogens with one attached hydrogen (secondary N) is 1. The van der Waals surface area contributed by atoms with Gasteiger partial charge in [-0.15, -0.1) is 11.3 Å². The molecule has 29 heavy (non-hydrogen) atoms. The number of rotatable bonds is 12. The van der Waals surface area contributed by atoms with E-state index >= 15 is 0 Å². The van der Waals surface area contributed by atoms with Crippen LogP contribution in [-0.2, 0) is 14.3 Å². The van der Waals surface area contributed by atoms with Crippen molar-refractivity contribution < 1.29 is 23.9 Å². The molecule has 0 aromatic carbocycles. The Morgan fingerprint density at radius 3 is 2.03 bits per heavy atom. The number of hydrogen-bond acceptors (Lipinski definition) is 6. The fourth-order valence-corrected chi connectivity index (χ4v) is 3.93. The zero-order chi connectivity index (χ0) is 22.0. The van der Waals surface area contributed by atoms with Crippen LogP contribution in [-0.4, -0.2) is 30.1 Å². The van der Waals surface area contributed by atoms with Crippen LogP contribution in [0.3, 0.4) is 0 Å². The minimum atomic E-state index is -0.549. The Balaban J connectivity index is 2.91. The first-order valence-corrected chi connectivity index (χ1v) is 11.3. The number of hydrogen-bond donors (Lipinski definition) is 1. The molecule has 0 saturated heterocycles. The van der Waals surface area contributed by atoms with Gasteiger partial charge in [0.2, 0.25) is 5.91 Å². The number of carbonyl (C=O) groups is 3. The van der Waals surface area contributed by atoms with E-state index in [2.05, 4.69) is 12.2 Å². The molecule has 0 radical (unpaired) electrons. The number of unbranched alkanes of at least 4 members (excludes halogenated alkanes) is 5. The Morgan fingerprint density at radius 2 is 1.45 bits per heavy atom. The van der Waals surface area contributed by atoms with Gasteiger partial charge in [-0.25, -0.2) is 9.59 Å². The molecule has 6 nitrogen and oxygen atoms in total. The molecule has 0 unspecified atom stereocenters. The van der Waals surface area contributed by atoms with Crippen molar-refractivity contribution in [3.05, 3.63) is 16.0 Å². The number of ether oxygens (including phenoxy) is 2. The van der Waals surface area contributed by atoms with Crippen molar-refractivity contribution >= 4 is 34.2 Å². The Morgan fingerprint density at radius 1 is 0.897 bits per heavy atom. The van der Waals surface area contributed by atoms with Gasteiger partial charge in [0, 0.05) is 6.42 Å². The van der Waals surface area contributed by atoms with Crippen molar-refractivity contribution in [2.45, 2.75) is 98.7 Å². The monoisotopic (exact) mass is 425 g/mol. The quantitative estimate of drug-likeness (QED) is 0.334. The summed E-state index contributed by atoms with van der Waals surface area (Å²) in [7, 11) is 0. The Labute approximate surface area is 178 Å². The molecular weight excluding hydrogens is 390 g/mol. The van der Waals surface area contributed by atoms with Crippen LogP contribution in [0.1, 0.15) is 105 Å². The average Bonchev–Trinajstić information content (AvgIpc) is 2.93. The average molecular weight is 426 g/mol. The standard InChI is InChI=1S/C22H35NO5S/c1-7-8-9-10-11-12-13-17(24)23-20-18(21(25)27-14(2)3)16(6)19(29-20)22(26)28-15(4)5/h14-15H,7-13H2,1-6H3,(H,23,24). The third-order valence-electron chi connectivity index (χ3n) is 4.23. The molecule has 0 saturated carbocycles. The smallest absolute Gasteiger partial charge is 0.348 e. The maximum absolute atomic E-state index is 12.6. The zero-order valence-electron chi connectivity index (χ0n) is 18.6. The highest BCUT2D eigenvalue weighted by Gasteiger charge is 2.28. The molecule has 7 heteroatoms. The molecule has 164 valence electrons. The van der Waals surface area contributed by atoms with Crippen molar-refractivity contribution in [3.8, 4) is 0 Å². The highest BCUT2D eigenvalue weighted by atomic mass is 32.1. The third-order valence-corrected chi connectivity index (χ3v) is 5.42. The van der Waals surface area contributed by atoms with E-state index in [-0.39, 0.29) is 23.7 Å². The van der Waals surface area contributed by atoms with Gasteiger partial charge in [0.1, 0.15) is 9.88 Å². The molecule has 1 heterocycles. The van der Waals surface area contributed by atoms with Crippen LogP contribution in [0.5, 0.6) is 0 Å². The molecule has 0 aliphatic carbocycles. The van der Waals surface area contributed by atoms with Crippen molar-refractivity contribution in [2.75, 3.05) is 5.32 Å². The molecule has 1 N–H and O–H groups in total. The highest BCUT2D eigenvalue weighted by molar-refractivity contribution is 7.18. The lowest BCUT2D eigenvalue weighted by Gasteiger charge is -2.10. The predicted molar refractivity (Wildman–Crippen MR) is 117 cm³/mol. The van der Waals surface area contributed by atoms with Crippen LogP contribution in [0.25, 0.3) is 0 Å². The van der Waals surface area contributed by atoms with Gasteiger partial charge in [-0.05, 0) is 46.6 Å². The topological polar surface area (TPSA) is 81.7 Å². The Hall–Kier alpha value is -1.89. The van der Waals surface area contributed by atoms with Gasteiger partial charge in [0.15, 0.2) is 0 Å². The lowest BCUT2D eigenvalue weighted by Crippen LogP contribution is -2.17. The molecule has 1 aromatic heterocycles. The van der Waals surface area contributed by atoms with E-state index < -0.39 is 11.9 Å². The summed E-state index contributed by atoms with van der Waals surface area (Å²) in [6.07, 6.45) is 6.32. The lowest BCUT2D eigenvalue weighted by atomic mass is 10.1. The summed E-state index contributed by atoms with van der Waals surface area (Å²) >= 11 is 1.06. The van der Waals surface area contributed by atoms with Crippen LogP contribution in [0.15, 0.2) is 0 Å². The number of anilines is 1. The highest BCUT2D eigenvalue weighted by Crippen LogP contribution is 2.35. The van der Waals surface area contributed by atoms with E-state index in [0.29, 0.717) is 21.9 Å². The molecule has 0 bridgehead atoms. The summed E-state index contributed by atoms with van der Waals surface area (Å²) in [5.74, 6) is -1.21. The van der Waals surface area contributed by atoms with Gasteiger partial charge in [0.05, 0.1) is 17.8 Å². The maximum Gasteiger partial charge on any atom is 0.348 e. The van der Waals surface area contributed by atoms with Crippen molar-refractivity contribution in [1.82, 2.24) is 0 Å². The molecule has 1 amide bonds. The van der Waals surface area contributed by atoms with Crippen LogP contribution >= 0.6 is 11.3 Å². The predicted octanol–water partition coefficient (Wildman–Crippen LogP) is 5.88. The fourth-order valence-electron chi connectivity index (χ4n) is 2.84. The summed E-state index contributed by atoms with van der Waals surface area (Å²) in [6, 6.07) is 0. The van der Waals surface area contributed by atoms with Gasteiger partial charge in [-0.2, -0.15) is 0 Å². The SMILES string of the molecule is CCCCCCCCC(=O)Nc1sc(C(=O)OC(C)C)c(C)c1C(=O)OC(C)C. The number of esters is 2. The van der Waals surface area contributed by atoms with Gasteiger partial charge in [-0.1, -0.05) is 39.0 Å². The van der Waals surface area contributed by atoms with Gasteiger partial charge in [-0.3, -0.25) is 4.79 Å². The fraction of sp³-hybridized carbons (Fsp3) is 0.682. The van der Waals surface area contributed by atoms with Crippen molar-refractivity contribution in [1.29, 1.82) is 0 Å². The molecule has 0 spiro atoms. The Kier molecular flexibility index (Phi) is 10.9. The number of amides is 1. The lowest BCUT2D eigenvalue weighted by molar-refractivity contribution is -0.116.